The maximum absolute atomic E-state index is 6.52. The van der Waals surface area contributed by atoms with Gasteiger partial charge in [-0.1, -0.05) is 187 Å². The van der Waals surface area contributed by atoms with E-state index in [9.17, 15) is 0 Å². The molecule has 318 valence electrons. The molecule has 0 N–H and O–H groups in total. The summed E-state index contributed by atoms with van der Waals surface area (Å²) in [5.74, 6) is 0. The number of nitrogens with zero attached hydrogens (tertiary/aromatic N) is 2. The van der Waals surface area contributed by atoms with Crippen LogP contribution in [0.5, 0.6) is 0 Å². The lowest BCUT2D eigenvalue weighted by atomic mass is 9.33. The van der Waals surface area contributed by atoms with Gasteiger partial charge < -0.3 is 14.2 Å². The van der Waals surface area contributed by atoms with Crippen molar-refractivity contribution in [1.82, 2.24) is 0 Å². The van der Waals surface area contributed by atoms with E-state index in [1.807, 2.05) is 6.07 Å². The number of rotatable bonds is 5. The SMILES string of the molecule is CC(C)(C)c1ccc2c(c1)B1c3ccc(C(C)(C)C)cc3N(c3ccc(-c4cccc5c4oc4ccccc45)cc3)c3cccc(c31)N2c1ccc(-c2ccccc2)cc1-c1ccccc1. The van der Waals surface area contributed by atoms with Gasteiger partial charge in [0.2, 0.25) is 0 Å². The van der Waals surface area contributed by atoms with Crippen LogP contribution in [0, 0.1) is 0 Å². The van der Waals surface area contributed by atoms with E-state index in [2.05, 4.69) is 245 Å². The monoisotopic (exact) mass is 850 g/mol. The lowest BCUT2D eigenvalue weighted by molar-refractivity contribution is 0.590. The molecule has 10 aromatic rings. The van der Waals surface area contributed by atoms with Crippen LogP contribution in [0.4, 0.5) is 34.1 Å². The second-order valence-corrected chi connectivity index (χ2v) is 20.2. The lowest BCUT2D eigenvalue weighted by Crippen LogP contribution is -2.61. The molecule has 12 rings (SSSR count). The van der Waals surface area contributed by atoms with Crippen molar-refractivity contribution in [3.8, 4) is 33.4 Å². The Morgan fingerprint density at radius 3 is 1.71 bits per heavy atom. The third kappa shape index (κ3) is 6.42. The van der Waals surface area contributed by atoms with Gasteiger partial charge in [-0.3, -0.25) is 0 Å². The Balaban J connectivity index is 1.09. The van der Waals surface area contributed by atoms with Crippen LogP contribution in [0.2, 0.25) is 0 Å². The molecule has 3 nitrogen and oxygen atoms in total. The zero-order valence-electron chi connectivity index (χ0n) is 38.4. The largest absolute Gasteiger partial charge is 0.455 e. The van der Waals surface area contributed by atoms with E-state index in [0.29, 0.717) is 0 Å². The summed E-state index contributed by atoms with van der Waals surface area (Å²) in [5, 5.41) is 2.28. The van der Waals surface area contributed by atoms with Crippen LogP contribution in [-0.2, 0) is 10.8 Å². The molecule has 66 heavy (non-hydrogen) atoms. The Labute approximate surface area is 388 Å². The third-order valence-electron chi connectivity index (χ3n) is 14.0. The van der Waals surface area contributed by atoms with Gasteiger partial charge in [-0.15, -0.1) is 0 Å². The molecule has 0 saturated heterocycles. The van der Waals surface area contributed by atoms with Gasteiger partial charge in [0.25, 0.3) is 6.71 Å². The van der Waals surface area contributed by atoms with Crippen molar-refractivity contribution in [3.63, 3.8) is 0 Å². The van der Waals surface area contributed by atoms with Crippen LogP contribution in [0.1, 0.15) is 52.7 Å². The highest BCUT2D eigenvalue weighted by Crippen LogP contribution is 2.48. The van der Waals surface area contributed by atoms with Gasteiger partial charge >= 0.3 is 0 Å². The molecule has 9 aromatic carbocycles. The molecule has 0 fully saturated rings. The second-order valence-electron chi connectivity index (χ2n) is 20.2. The fraction of sp³-hybridized carbons (Fsp3) is 0.129. The van der Waals surface area contributed by atoms with Crippen molar-refractivity contribution in [2.24, 2.45) is 0 Å². The van der Waals surface area contributed by atoms with Crippen molar-refractivity contribution in [1.29, 1.82) is 0 Å². The molecule has 1 aromatic heterocycles. The Morgan fingerprint density at radius 2 is 0.970 bits per heavy atom. The van der Waals surface area contributed by atoms with Crippen LogP contribution < -0.4 is 26.2 Å². The molecule has 4 heteroatoms. The number of hydrogen-bond donors (Lipinski definition) is 0. The predicted octanol–water partition coefficient (Wildman–Crippen LogP) is 15.3. The smallest absolute Gasteiger partial charge is 0.252 e. The van der Waals surface area contributed by atoms with Gasteiger partial charge in [0, 0.05) is 50.3 Å². The number of benzene rings is 9. The molecule has 0 bridgehead atoms. The number of para-hydroxylation sites is 2. The van der Waals surface area contributed by atoms with Crippen LogP contribution in [0.25, 0.3) is 55.3 Å². The lowest BCUT2D eigenvalue weighted by Gasteiger charge is -2.45. The fourth-order valence-corrected chi connectivity index (χ4v) is 10.6. The highest BCUT2D eigenvalue weighted by Gasteiger charge is 2.44. The van der Waals surface area contributed by atoms with Gasteiger partial charge in [-0.25, -0.2) is 0 Å². The topological polar surface area (TPSA) is 19.6 Å². The summed E-state index contributed by atoms with van der Waals surface area (Å²) >= 11 is 0. The van der Waals surface area contributed by atoms with Crippen LogP contribution in [0.15, 0.2) is 205 Å². The number of hydrogen-bond acceptors (Lipinski definition) is 3. The molecule has 2 aliphatic rings. The maximum atomic E-state index is 6.52. The van der Waals surface area contributed by atoms with E-state index in [-0.39, 0.29) is 17.5 Å². The van der Waals surface area contributed by atoms with Crippen molar-refractivity contribution in [2.75, 3.05) is 9.80 Å². The molecule has 0 atom stereocenters. The summed E-state index contributed by atoms with van der Waals surface area (Å²) in [6.45, 7) is 14.0. The molecule has 0 amide bonds. The van der Waals surface area contributed by atoms with Gasteiger partial charge in [-0.05, 0) is 115 Å². The van der Waals surface area contributed by atoms with Gasteiger partial charge in [0.15, 0.2) is 0 Å². The maximum Gasteiger partial charge on any atom is 0.252 e. The van der Waals surface area contributed by atoms with E-state index < -0.39 is 0 Å². The molecule has 0 saturated carbocycles. The molecular formula is C62H51BN2O. The van der Waals surface area contributed by atoms with E-state index in [4.69, 9.17) is 4.42 Å². The highest BCUT2D eigenvalue weighted by molar-refractivity contribution is 7.00. The first-order valence-corrected chi connectivity index (χ1v) is 23.3. The quantitative estimate of drug-likeness (QED) is 0.161. The summed E-state index contributed by atoms with van der Waals surface area (Å²) in [6, 6.07) is 74.1. The standard InChI is InChI=1S/C62H51BN2O/c1-61(2,3)44-31-36-54-52(38-44)63-51-34-30-45(62(4,5)6)39-57(51)64(46-32-27-42(28-33-46)47-22-15-23-49-48-21-13-14-26-58(48)66-60(47)49)55-24-16-25-56(59(55)63)65(54)53-35-29-43(40-17-9-7-10-18-40)37-50(53)41-19-11-8-12-20-41/h7-39H,1-6H3. The predicted molar refractivity (Wildman–Crippen MR) is 281 cm³/mol. The van der Waals surface area contributed by atoms with E-state index in [1.165, 1.54) is 72.5 Å². The molecule has 0 radical (unpaired) electrons. The minimum atomic E-state index is -0.0433. The minimum absolute atomic E-state index is 0.0127. The third-order valence-corrected chi connectivity index (χ3v) is 14.0. The van der Waals surface area contributed by atoms with Gasteiger partial charge in [0.1, 0.15) is 11.2 Å². The number of anilines is 6. The molecule has 3 heterocycles. The summed E-state index contributed by atoms with van der Waals surface area (Å²) in [6.07, 6.45) is 0. The van der Waals surface area contributed by atoms with E-state index in [1.54, 1.807) is 0 Å². The fourth-order valence-electron chi connectivity index (χ4n) is 10.6. The van der Waals surface area contributed by atoms with E-state index in [0.717, 1.165) is 44.4 Å². The Morgan fingerprint density at radius 1 is 0.379 bits per heavy atom. The summed E-state index contributed by atoms with van der Waals surface area (Å²) < 4.78 is 6.52. The average Bonchev–Trinajstić information content (AvgIpc) is 3.73. The zero-order valence-corrected chi connectivity index (χ0v) is 38.4. The van der Waals surface area contributed by atoms with Crippen molar-refractivity contribution >= 4 is 79.2 Å². The van der Waals surface area contributed by atoms with Crippen LogP contribution in [0.3, 0.4) is 0 Å². The average molecular weight is 851 g/mol. The first-order valence-electron chi connectivity index (χ1n) is 23.3. The van der Waals surface area contributed by atoms with Gasteiger partial charge in [0.05, 0.1) is 5.69 Å². The zero-order chi connectivity index (χ0) is 44.9. The molecule has 0 aliphatic carbocycles. The van der Waals surface area contributed by atoms with Crippen LogP contribution in [-0.4, -0.2) is 6.71 Å². The van der Waals surface area contributed by atoms with Crippen LogP contribution >= 0.6 is 0 Å². The van der Waals surface area contributed by atoms with E-state index >= 15 is 0 Å². The summed E-state index contributed by atoms with van der Waals surface area (Å²) in [5.41, 5.74) is 22.4. The van der Waals surface area contributed by atoms with Crippen molar-refractivity contribution < 1.29 is 4.42 Å². The Kier molecular flexibility index (Phi) is 9.09. The first kappa shape index (κ1) is 40.0. The summed E-state index contributed by atoms with van der Waals surface area (Å²) in [4.78, 5) is 5.08. The molecule has 2 aliphatic heterocycles. The second kappa shape index (κ2) is 15.0. The highest BCUT2D eigenvalue weighted by atomic mass is 16.3. The van der Waals surface area contributed by atoms with Gasteiger partial charge in [-0.2, -0.15) is 0 Å². The minimum Gasteiger partial charge on any atom is -0.455 e. The number of fused-ring (bicyclic) bond motifs is 7. The van der Waals surface area contributed by atoms with Crippen molar-refractivity contribution in [2.45, 2.75) is 52.4 Å². The van der Waals surface area contributed by atoms with Crippen molar-refractivity contribution in [3.05, 3.63) is 211 Å². The summed E-state index contributed by atoms with van der Waals surface area (Å²) in [7, 11) is 0. The molecular weight excluding hydrogens is 800 g/mol. The normalized spacial score (nSPS) is 13.2. The molecule has 0 unspecified atom stereocenters. The Hall–Kier alpha value is -7.56. The Bertz CT molecular complexity index is 3500. The molecule has 0 spiro atoms. The first-order chi connectivity index (χ1) is 32.0. The number of furan rings is 1.